The maximum atomic E-state index is 11.4. The quantitative estimate of drug-likeness (QED) is 0.804. The lowest BCUT2D eigenvalue weighted by Crippen LogP contribution is -2.51. The number of methoxy groups -OCH3 is 1. The molecule has 0 aliphatic heterocycles. The lowest BCUT2D eigenvalue weighted by Gasteiger charge is -2.49. The third-order valence-electron chi connectivity index (χ3n) is 4.36. The molecule has 1 aliphatic rings. The van der Waals surface area contributed by atoms with Crippen molar-refractivity contribution in [3.8, 4) is 0 Å². The van der Waals surface area contributed by atoms with Crippen molar-refractivity contribution in [2.75, 3.05) is 7.11 Å². The largest absolute Gasteiger partial charge is 0.378 e. The summed E-state index contributed by atoms with van der Waals surface area (Å²) in [7, 11) is 1.78. The fraction of sp³-hybridized carbons (Fsp3) is 0.923. The monoisotopic (exact) mass is 227 g/mol. The zero-order chi connectivity index (χ0) is 12.6. The molecular weight excluding hydrogens is 202 g/mol. The summed E-state index contributed by atoms with van der Waals surface area (Å²) in [4.78, 5) is 11.4. The van der Waals surface area contributed by atoms with Crippen LogP contribution in [0.1, 0.15) is 47.0 Å². The molecule has 2 N–H and O–H groups in total. The molecule has 0 spiro atoms. The minimum Gasteiger partial charge on any atom is -0.378 e. The van der Waals surface area contributed by atoms with E-state index in [1.54, 1.807) is 7.11 Å². The van der Waals surface area contributed by atoms with Crippen molar-refractivity contribution in [1.82, 2.24) is 0 Å². The Balaban J connectivity index is 2.92. The molecule has 0 aromatic rings. The molecule has 0 saturated heterocycles. The van der Waals surface area contributed by atoms with Gasteiger partial charge in [-0.15, -0.1) is 0 Å². The van der Waals surface area contributed by atoms with Gasteiger partial charge in [-0.3, -0.25) is 4.79 Å². The number of rotatable bonds is 3. The molecule has 0 aromatic heterocycles. The average Bonchev–Trinajstić information content (AvgIpc) is 2.14. The van der Waals surface area contributed by atoms with Gasteiger partial charge in [0.05, 0.1) is 5.60 Å². The Labute approximate surface area is 98.7 Å². The van der Waals surface area contributed by atoms with Crippen LogP contribution in [-0.4, -0.2) is 18.6 Å². The van der Waals surface area contributed by atoms with E-state index in [0.29, 0.717) is 5.92 Å². The molecule has 2 unspecified atom stereocenters. The van der Waals surface area contributed by atoms with Crippen molar-refractivity contribution in [1.29, 1.82) is 0 Å². The SMILES string of the molecule is COC1(C(C)C)CCC(C(N)=O)C(C)(C)C1. The van der Waals surface area contributed by atoms with Crippen molar-refractivity contribution in [3.63, 3.8) is 0 Å². The maximum absolute atomic E-state index is 11.4. The van der Waals surface area contributed by atoms with Crippen LogP contribution in [0.25, 0.3) is 0 Å². The van der Waals surface area contributed by atoms with Gasteiger partial charge in [0.1, 0.15) is 0 Å². The highest BCUT2D eigenvalue weighted by atomic mass is 16.5. The summed E-state index contributed by atoms with van der Waals surface area (Å²) in [5, 5.41) is 0. The summed E-state index contributed by atoms with van der Waals surface area (Å²) in [6.45, 7) is 8.61. The van der Waals surface area contributed by atoms with E-state index in [9.17, 15) is 4.79 Å². The highest BCUT2D eigenvalue weighted by molar-refractivity contribution is 5.77. The van der Waals surface area contributed by atoms with Crippen LogP contribution < -0.4 is 5.73 Å². The van der Waals surface area contributed by atoms with E-state index in [1.807, 2.05) is 0 Å². The number of hydrogen-bond acceptors (Lipinski definition) is 2. The smallest absolute Gasteiger partial charge is 0.221 e. The Morgan fingerprint density at radius 1 is 1.44 bits per heavy atom. The molecule has 1 amide bonds. The number of carbonyl (C=O) groups is 1. The molecule has 0 heterocycles. The molecule has 0 radical (unpaired) electrons. The molecule has 1 saturated carbocycles. The van der Waals surface area contributed by atoms with Crippen molar-refractivity contribution in [2.24, 2.45) is 23.0 Å². The molecule has 3 heteroatoms. The molecule has 1 fully saturated rings. The summed E-state index contributed by atoms with van der Waals surface area (Å²) in [6.07, 6.45) is 2.67. The van der Waals surface area contributed by atoms with Gasteiger partial charge < -0.3 is 10.5 Å². The first kappa shape index (κ1) is 13.5. The lowest BCUT2D eigenvalue weighted by atomic mass is 9.60. The van der Waals surface area contributed by atoms with Crippen molar-refractivity contribution < 1.29 is 9.53 Å². The maximum Gasteiger partial charge on any atom is 0.221 e. The van der Waals surface area contributed by atoms with E-state index < -0.39 is 0 Å². The third-order valence-corrected chi connectivity index (χ3v) is 4.36. The van der Waals surface area contributed by atoms with Crippen LogP contribution in [0, 0.1) is 17.3 Å². The van der Waals surface area contributed by atoms with Crippen molar-refractivity contribution >= 4 is 5.91 Å². The van der Waals surface area contributed by atoms with Gasteiger partial charge in [0, 0.05) is 13.0 Å². The summed E-state index contributed by atoms with van der Waals surface area (Å²) < 4.78 is 5.75. The highest BCUT2D eigenvalue weighted by Gasteiger charge is 2.48. The third kappa shape index (κ3) is 2.24. The summed E-state index contributed by atoms with van der Waals surface area (Å²) in [6, 6.07) is 0. The highest BCUT2D eigenvalue weighted by Crippen LogP contribution is 2.49. The second-order valence-corrected chi connectivity index (χ2v) is 6.08. The molecule has 94 valence electrons. The first-order chi connectivity index (χ1) is 7.25. The van der Waals surface area contributed by atoms with Crippen LogP contribution in [0.2, 0.25) is 0 Å². The second-order valence-electron chi connectivity index (χ2n) is 6.08. The van der Waals surface area contributed by atoms with E-state index in [2.05, 4.69) is 27.7 Å². The Kier molecular flexibility index (Phi) is 3.68. The van der Waals surface area contributed by atoms with Gasteiger partial charge in [-0.25, -0.2) is 0 Å². The molecular formula is C13H25NO2. The molecule has 1 aliphatic carbocycles. The van der Waals surface area contributed by atoms with Crippen LogP contribution in [-0.2, 0) is 9.53 Å². The molecule has 0 bridgehead atoms. The zero-order valence-electron chi connectivity index (χ0n) is 11.2. The minimum absolute atomic E-state index is 0.0190. The molecule has 3 nitrogen and oxygen atoms in total. The first-order valence-corrected chi connectivity index (χ1v) is 6.09. The number of primary amides is 1. The van der Waals surface area contributed by atoms with E-state index in [4.69, 9.17) is 10.5 Å². The summed E-state index contributed by atoms with van der Waals surface area (Å²) >= 11 is 0. The van der Waals surface area contributed by atoms with Crippen molar-refractivity contribution in [2.45, 2.75) is 52.6 Å². The summed E-state index contributed by atoms with van der Waals surface area (Å²) in [5.74, 6) is 0.276. The van der Waals surface area contributed by atoms with Gasteiger partial charge in [0.15, 0.2) is 0 Å². The predicted octanol–water partition coefficient (Wildman–Crippen LogP) is 2.34. The van der Waals surface area contributed by atoms with Crippen LogP contribution in [0.5, 0.6) is 0 Å². The van der Waals surface area contributed by atoms with E-state index in [1.165, 1.54) is 0 Å². The Bertz CT molecular complexity index is 273. The topological polar surface area (TPSA) is 52.3 Å². The van der Waals surface area contributed by atoms with Gasteiger partial charge in [-0.05, 0) is 30.6 Å². The van der Waals surface area contributed by atoms with Crippen LogP contribution in [0.15, 0.2) is 0 Å². The number of carbonyl (C=O) groups excluding carboxylic acids is 1. The normalized spacial score (nSPS) is 34.0. The van der Waals surface area contributed by atoms with Gasteiger partial charge in [0.2, 0.25) is 5.91 Å². The van der Waals surface area contributed by atoms with Gasteiger partial charge in [-0.1, -0.05) is 27.7 Å². The minimum atomic E-state index is -0.168. The van der Waals surface area contributed by atoms with Crippen LogP contribution in [0.4, 0.5) is 0 Å². The Morgan fingerprint density at radius 3 is 2.31 bits per heavy atom. The van der Waals surface area contributed by atoms with E-state index in [-0.39, 0.29) is 22.8 Å². The van der Waals surface area contributed by atoms with E-state index >= 15 is 0 Å². The number of ether oxygens (including phenoxy) is 1. The Morgan fingerprint density at radius 2 is 2.00 bits per heavy atom. The van der Waals surface area contributed by atoms with Crippen molar-refractivity contribution in [3.05, 3.63) is 0 Å². The molecule has 0 aromatic carbocycles. The number of nitrogens with two attached hydrogens (primary N) is 1. The fourth-order valence-electron chi connectivity index (χ4n) is 3.19. The zero-order valence-corrected chi connectivity index (χ0v) is 11.2. The fourth-order valence-corrected chi connectivity index (χ4v) is 3.19. The standard InChI is InChI=1S/C13H25NO2/c1-9(2)13(16-5)7-6-10(11(14)15)12(3,4)8-13/h9-10H,6-8H2,1-5H3,(H2,14,15). The summed E-state index contributed by atoms with van der Waals surface area (Å²) in [5.41, 5.74) is 5.32. The van der Waals surface area contributed by atoms with E-state index in [0.717, 1.165) is 19.3 Å². The van der Waals surface area contributed by atoms with Gasteiger partial charge in [0.25, 0.3) is 0 Å². The molecule has 2 atom stereocenters. The molecule has 1 rings (SSSR count). The molecule has 16 heavy (non-hydrogen) atoms. The van der Waals surface area contributed by atoms with Crippen LogP contribution in [0.3, 0.4) is 0 Å². The van der Waals surface area contributed by atoms with Gasteiger partial charge in [-0.2, -0.15) is 0 Å². The van der Waals surface area contributed by atoms with Gasteiger partial charge >= 0.3 is 0 Å². The second kappa shape index (κ2) is 4.36. The number of hydrogen-bond donors (Lipinski definition) is 1. The average molecular weight is 227 g/mol. The number of amides is 1. The Hall–Kier alpha value is -0.570. The van der Waals surface area contributed by atoms with Crippen LogP contribution >= 0.6 is 0 Å². The predicted molar refractivity (Wildman–Crippen MR) is 64.9 cm³/mol. The first-order valence-electron chi connectivity index (χ1n) is 6.09. The lowest BCUT2D eigenvalue weighted by molar-refractivity contribution is -0.143.